The maximum Gasteiger partial charge on any atom is 0.275 e. The molecule has 0 bridgehead atoms. The van der Waals surface area contributed by atoms with Gasteiger partial charge < -0.3 is 4.90 Å². The zero-order valence-electron chi connectivity index (χ0n) is 14.2. The number of aromatic nitrogens is 3. The van der Waals surface area contributed by atoms with Crippen LogP contribution < -0.4 is 5.56 Å². The van der Waals surface area contributed by atoms with E-state index in [1.165, 1.54) is 22.7 Å². The largest absolute Gasteiger partial charge is 0.343 e. The maximum atomic E-state index is 12.8. The molecule has 24 heavy (non-hydrogen) atoms. The van der Waals surface area contributed by atoms with Gasteiger partial charge in [0.2, 0.25) is 0 Å². The number of nitrogens with zero attached hydrogens (tertiary/aromatic N) is 4. The van der Waals surface area contributed by atoms with Gasteiger partial charge >= 0.3 is 0 Å². The molecule has 1 aromatic carbocycles. The van der Waals surface area contributed by atoms with Crippen molar-refractivity contribution in [2.45, 2.75) is 13.8 Å². The van der Waals surface area contributed by atoms with Gasteiger partial charge in [-0.05, 0) is 31.5 Å². The molecule has 3 aromatic rings. The van der Waals surface area contributed by atoms with E-state index in [9.17, 15) is 14.4 Å². The van der Waals surface area contributed by atoms with Crippen molar-refractivity contribution < 1.29 is 9.59 Å². The van der Waals surface area contributed by atoms with Gasteiger partial charge in [-0.15, -0.1) is 0 Å². The Hall–Kier alpha value is -2.96. The molecule has 7 heteroatoms. The molecule has 0 radical (unpaired) electrons. The van der Waals surface area contributed by atoms with E-state index in [1.54, 1.807) is 37.7 Å². The number of hydrogen-bond donors (Lipinski definition) is 0. The molecule has 0 unspecified atom stereocenters. The summed E-state index contributed by atoms with van der Waals surface area (Å²) in [6, 6.07) is 3.49. The van der Waals surface area contributed by atoms with Gasteiger partial charge in [-0.1, -0.05) is 0 Å². The normalized spacial score (nSPS) is 11.2. The fourth-order valence-electron chi connectivity index (χ4n) is 2.94. The van der Waals surface area contributed by atoms with Crippen LogP contribution in [-0.2, 0) is 7.05 Å². The molecule has 0 spiro atoms. The third-order valence-electron chi connectivity index (χ3n) is 4.08. The predicted molar refractivity (Wildman–Crippen MR) is 90.7 cm³/mol. The van der Waals surface area contributed by atoms with Crippen LogP contribution in [0, 0.1) is 6.92 Å². The van der Waals surface area contributed by atoms with Crippen molar-refractivity contribution in [1.29, 1.82) is 0 Å². The highest BCUT2D eigenvalue weighted by molar-refractivity contribution is 6.07. The molecule has 0 atom stereocenters. The standard InChI is InChI=1S/C17H18N4O3/c1-9-6-11(10(2)22)14-12(7-9)16(23)20(5)15-13(17(24)19(3)4)18-8-21(14)15/h6-8H,1-5H3. The number of imidazole rings is 1. The number of ketones is 1. The van der Waals surface area contributed by atoms with Crippen LogP contribution in [0.3, 0.4) is 0 Å². The molecule has 0 N–H and O–H groups in total. The first-order chi connectivity index (χ1) is 11.2. The lowest BCUT2D eigenvalue weighted by atomic mass is 10.0. The molecule has 0 aliphatic heterocycles. The summed E-state index contributed by atoms with van der Waals surface area (Å²) < 4.78 is 3.04. The van der Waals surface area contributed by atoms with E-state index in [0.717, 1.165) is 5.56 Å². The Balaban J connectivity index is 2.59. The maximum absolute atomic E-state index is 12.8. The molecule has 7 nitrogen and oxygen atoms in total. The van der Waals surface area contributed by atoms with E-state index in [2.05, 4.69) is 4.98 Å². The van der Waals surface area contributed by atoms with Crippen molar-refractivity contribution in [3.8, 4) is 0 Å². The average Bonchev–Trinajstić information content (AvgIpc) is 2.95. The fraction of sp³-hybridized carbons (Fsp3) is 0.294. The van der Waals surface area contributed by atoms with Crippen molar-refractivity contribution in [2.75, 3.05) is 14.1 Å². The monoisotopic (exact) mass is 326 g/mol. The molecule has 1 amide bonds. The Morgan fingerprint density at radius 2 is 1.88 bits per heavy atom. The summed E-state index contributed by atoms with van der Waals surface area (Å²) in [7, 11) is 4.84. The van der Waals surface area contributed by atoms with E-state index in [4.69, 9.17) is 0 Å². The molecule has 2 heterocycles. The molecule has 0 aliphatic carbocycles. The minimum absolute atomic E-state index is 0.146. The molecule has 2 aromatic heterocycles. The highest BCUT2D eigenvalue weighted by atomic mass is 16.2. The molecule has 0 fully saturated rings. The summed E-state index contributed by atoms with van der Waals surface area (Å²) in [5.74, 6) is -0.448. The van der Waals surface area contributed by atoms with Crippen LogP contribution in [0.2, 0.25) is 0 Å². The number of Topliss-reactive ketones (excluding diaryl/α,β-unsaturated/α-hetero) is 1. The van der Waals surface area contributed by atoms with Crippen molar-refractivity contribution >= 4 is 28.2 Å². The molecule has 0 saturated heterocycles. The Kier molecular flexibility index (Phi) is 3.51. The highest BCUT2D eigenvalue weighted by Gasteiger charge is 2.22. The fourth-order valence-corrected chi connectivity index (χ4v) is 2.94. The van der Waals surface area contributed by atoms with Crippen LogP contribution in [0.4, 0.5) is 0 Å². The summed E-state index contributed by atoms with van der Waals surface area (Å²) >= 11 is 0. The number of carbonyl (C=O) groups is 2. The average molecular weight is 326 g/mol. The van der Waals surface area contributed by atoms with Gasteiger partial charge in [0.25, 0.3) is 11.5 Å². The van der Waals surface area contributed by atoms with Crippen molar-refractivity contribution in [1.82, 2.24) is 18.9 Å². The molecule has 0 saturated carbocycles. The molecular weight excluding hydrogens is 308 g/mol. The smallest absolute Gasteiger partial charge is 0.275 e. The number of aryl methyl sites for hydroxylation is 2. The highest BCUT2D eigenvalue weighted by Crippen LogP contribution is 2.22. The number of carbonyl (C=O) groups excluding carboxylic acids is 2. The summed E-state index contributed by atoms with van der Waals surface area (Å²) in [6.07, 6.45) is 1.48. The first-order valence-corrected chi connectivity index (χ1v) is 7.47. The third-order valence-corrected chi connectivity index (χ3v) is 4.08. The van der Waals surface area contributed by atoms with Crippen LogP contribution in [-0.4, -0.2) is 44.6 Å². The molecule has 0 aliphatic rings. The van der Waals surface area contributed by atoms with E-state index < -0.39 is 0 Å². The zero-order chi connectivity index (χ0) is 17.8. The Morgan fingerprint density at radius 1 is 1.21 bits per heavy atom. The van der Waals surface area contributed by atoms with Crippen molar-refractivity contribution in [3.63, 3.8) is 0 Å². The van der Waals surface area contributed by atoms with Crippen LogP contribution in [0.15, 0.2) is 23.3 Å². The van der Waals surface area contributed by atoms with Crippen molar-refractivity contribution in [2.24, 2.45) is 7.05 Å². The van der Waals surface area contributed by atoms with E-state index in [-0.39, 0.29) is 22.9 Å². The Morgan fingerprint density at radius 3 is 2.46 bits per heavy atom. The quantitative estimate of drug-likeness (QED) is 0.667. The third kappa shape index (κ3) is 2.12. The van der Waals surface area contributed by atoms with Gasteiger partial charge in [-0.2, -0.15) is 0 Å². The van der Waals surface area contributed by atoms with Crippen LogP contribution in [0.25, 0.3) is 16.6 Å². The lowest BCUT2D eigenvalue weighted by molar-refractivity contribution is 0.0823. The second-order valence-corrected chi connectivity index (χ2v) is 6.12. The van der Waals surface area contributed by atoms with Gasteiger partial charge in [-0.25, -0.2) is 4.98 Å². The van der Waals surface area contributed by atoms with Gasteiger partial charge in [0.1, 0.15) is 6.33 Å². The first-order valence-electron chi connectivity index (χ1n) is 7.47. The lowest BCUT2D eigenvalue weighted by Crippen LogP contribution is -2.26. The van der Waals surface area contributed by atoms with Crippen LogP contribution >= 0.6 is 0 Å². The second kappa shape index (κ2) is 5.30. The van der Waals surface area contributed by atoms with Crippen LogP contribution in [0.1, 0.15) is 33.3 Å². The summed E-state index contributed by atoms with van der Waals surface area (Å²) in [5.41, 5.74) is 2.03. The number of fused-ring (bicyclic) bond motifs is 3. The second-order valence-electron chi connectivity index (χ2n) is 6.12. The van der Waals surface area contributed by atoms with E-state index in [1.807, 2.05) is 6.92 Å². The predicted octanol–water partition coefficient (Wildman–Crippen LogP) is 1.40. The first kappa shape index (κ1) is 15.9. The molecule has 124 valence electrons. The molecular formula is C17H18N4O3. The van der Waals surface area contributed by atoms with Gasteiger partial charge in [-0.3, -0.25) is 23.4 Å². The van der Waals surface area contributed by atoms with Gasteiger partial charge in [0.05, 0.1) is 10.9 Å². The molecule has 3 rings (SSSR count). The van der Waals surface area contributed by atoms with Gasteiger partial charge in [0.15, 0.2) is 17.1 Å². The van der Waals surface area contributed by atoms with E-state index >= 15 is 0 Å². The number of hydrogen-bond acceptors (Lipinski definition) is 4. The van der Waals surface area contributed by atoms with Gasteiger partial charge in [0, 0.05) is 26.7 Å². The SMILES string of the molecule is CC(=O)c1cc(C)cc2c(=O)n(C)c3c(C(=O)N(C)C)ncn3c12. The number of rotatable bonds is 2. The Labute approximate surface area is 138 Å². The Bertz CT molecular complexity index is 1070. The number of amides is 1. The number of benzene rings is 1. The zero-order valence-corrected chi connectivity index (χ0v) is 14.2. The minimum Gasteiger partial charge on any atom is -0.343 e. The van der Waals surface area contributed by atoms with Crippen molar-refractivity contribution in [3.05, 3.63) is 45.6 Å². The van der Waals surface area contributed by atoms with Crippen LogP contribution in [0.5, 0.6) is 0 Å². The summed E-state index contributed by atoms with van der Waals surface area (Å²) in [6.45, 7) is 3.30. The lowest BCUT2D eigenvalue weighted by Gasteiger charge is -2.13. The minimum atomic E-state index is -0.302. The summed E-state index contributed by atoms with van der Waals surface area (Å²) in [4.78, 5) is 42.8. The van der Waals surface area contributed by atoms with E-state index in [0.29, 0.717) is 22.1 Å². The topological polar surface area (TPSA) is 76.7 Å². The summed E-state index contributed by atoms with van der Waals surface area (Å²) in [5, 5.41) is 0.427.